The van der Waals surface area contributed by atoms with Crippen molar-refractivity contribution in [2.24, 2.45) is 5.92 Å². The molecular weight excluding hydrogens is 312 g/mol. The Morgan fingerprint density at radius 1 is 1.04 bits per heavy atom. The number of hydrogen-bond acceptors (Lipinski definition) is 3. The SMILES string of the molecule is CN(C1CCCCC1)S(=O)(=O)c1ccc(NC(=O)C2CC2)cc1. The molecule has 2 saturated carbocycles. The van der Waals surface area contributed by atoms with E-state index in [4.69, 9.17) is 0 Å². The fourth-order valence-corrected chi connectivity index (χ4v) is 4.52. The molecule has 2 aliphatic rings. The zero-order chi connectivity index (χ0) is 16.4. The van der Waals surface area contributed by atoms with Gasteiger partial charge in [0.15, 0.2) is 0 Å². The van der Waals surface area contributed by atoms with E-state index in [2.05, 4.69) is 5.32 Å². The molecule has 2 aliphatic carbocycles. The summed E-state index contributed by atoms with van der Waals surface area (Å²) in [5, 5.41) is 2.83. The van der Waals surface area contributed by atoms with E-state index < -0.39 is 10.0 Å². The minimum Gasteiger partial charge on any atom is -0.326 e. The molecule has 2 fully saturated rings. The van der Waals surface area contributed by atoms with Crippen molar-refractivity contribution < 1.29 is 13.2 Å². The number of sulfonamides is 1. The van der Waals surface area contributed by atoms with Crippen molar-refractivity contribution in [2.45, 2.75) is 55.9 Å². The van der Waals surface area contributed by atoms with E-state index in [0.717, 1.165) is 38.5 Å². The Labute approximate surface area is 138 Å². The van der Waals surface area contributed by atoms with E-state index >= 15 is 0 Å². The molecule has 6 heteroatoms. The van der Waals surface area contributed by atoms with Crippen LogP contribution in [0, 0.1) is 5.92 Å². The number of hydrogen-bond donors (Lipinski definition) is 1. The van der Waals surface area contributed by atoms with Crippen LogP contribution in [-0.4, -0.2) is 31.7 Å². The first-order chi connectivity index (χ1) is 11.0. The first-order valence-corrected chi connectivity index (χ1v) is 9.81. The molecule has 3 rings (SSSR count). The normalized spacial score (nSPS) is 19.7. The third kappa shape index (κ3) is 3.75. The first-order valence-electron chi connectivity index (χ1n) is 8.37. The van der Waals surface area contributed by atoms with Gasteiger partial charge in [-0.1, -0.05) is 19.3 Å². The Bertz CT molecular complexity index is 660. The van der Waals surface area contributed by atoms with Crippen molar-refractivity contribution in [3.63, 3.8) is 0 Å². The number of carbonyl (C=O) groups excluding carboxylic acids is 1. The number of nitrogens with zero attached hydrogens (tertiary/aromatic N) is 1. The van der Waals surface area contributed by atoms with Gasteiger partial charge in [0.2, 0.25) is 15.9 Å². The summed E-state index contributed by atoms with van der Waals surface area (Å²) < 4.78 is 27.0. The Morgan fingerprint density at radius 3 is 2.22 bits per heavy atom. The summed E-state index contributed by atoms with van der Waals surface area (Å²) in [7, 11) is -1.79. The van der Waals surface area contributed by atoms with E-state index in [1.165, 1.54) is 10.7 Å². The number of carbonyl (C=O) groups is 1. The lowest BCUT2D eigenvalue weighted by Gasteiger charge is -2.30. The minimum absolute atomic E-state index is 0.0277. The summed E-state index contributed by atoms with van der Waals surface area (Å²) in [5.41, 5.74) is 0.654. The van der Waals surface area contributed by atoms with Crippen molar-refractivity contribution in [3.8, 4) is 0 Å². The molecule has 5 nitrogen and oxygen atoms in total. The van der Waals surface area contributed by atoms with E-state index in [0.29, 0.717) is 5.69 Å². The Kier molecular flexibility index (Phi) is 4.73. The second-order valence-electron chi connectivity index (χ2n) is 6.60. The van der Waals surface area contributed by atoms with Gasteiger partial charge in [0.1, 0.15) is 0 Å². The van der Waals surface area contributed by atoms with E-state index in [-0.39, 0.29) is 22.8 Å². The molecule has 1 aromatic rings. The molecule has 0 atom stereocenters. The Balaban J connectivity index is 1.70. The number of anilines is 1. The van der Waals surface area contributed by atoms with Gasteiger partial charge in [0.05, 0.1) is 4.90 Å². The van der Waals surface area contributed by atoms with Crippen LogP contribution in [-0.2, 0) is 14.8 Å². The fourth-order valence-electron chi connectivity index (χ4n) is 3.11. The van der Waals surface area contributed by atoms with Crippen molar-refractivity contribution >= 4 is 21.6 Å². The number of nitrogens with one attached hydrogen (secondary N) is 1. The molecule has 0 aromatic heterocycles. The van der Waals surface area contributed by atoms with Gasteiger partial charge in [0, 0.05) is 24.7 Å². The first kappa shape index (κ1) is 16.5. The van der Waals surface area contributed by atoms with Crippen LogP contribution in [0.3, 0.4) is 0 Å². The highest BCUT2D eigenvalue weighted by atomic mass is 32.2. The largest absolute Gasteiger partial charge is 0.326 e. The smallest absolute Gasteiger partial charge is 0.243 e. The molecule has 0 aliphatic heterocycles. The molecule has 0 saturated heterocycles. The van der Waals surface area contributed by atoms with Gasteiger partial charge in [-0.15, -0.1) is 0 Å². The van der Waals surface area contributed by atoms with Crippen LogP contribution in [0.5, 0.6) is 0 Å². The summed E-state index contributed by atoms with van der Waals surface area (Å²) in [6.07, 6.45) is 7.15. The average molecular weight is 336 g/mol. The van der Waals surface area contributed by atoms with Crippen LogP contribution < -0.4 is 5.32 Å². The number of rotatable bonds is 5. The van der Waals surface area contributed by atoms with Crippen LogP contribution in [0.2, 0.25) is 0 Å². The molecule has 0 radical (unpaired) electrons. The van der Waals surface area contributed by atoms with Crippen molar-refractivity contribution in [1.82, 2.24) is 4.31 Å². The van der Waals surface area contributed by atoms with Crippen LogP contribution >= 0.6 is 0 Å². The van der Waals surface area contributed by atoms with Crippen molar-refractivity contribution in [1.29, 1.82) is 0 Å². The number of benzene rings is 1. The summed E-state index contributed by atoms with van der Waals surface area (Å²) in [4.78, 5) is 12.0. The zero-order valence-corrected chi connectivity index (χ0v) is 14.3. The molecule has 0 unspecified atom stereocenters. The van der Waals surface area contributed by atoms with Crippen molar-refractivity contribution in [3.05, 3.63) is 24.3 Å². The Hall–Kier alpha value is -1.40. The maximum absolute atomic E-state index is 12.7. The van der Waals surface area contributed by atoms with Crippen LogP contribution in [0.4, 0.5) is 5.69 Å². The van der Waals surface area contributed by atoms with Crippen LogP contribution in [0.15, 0.2) is 29.2 Å². The molecular formula is C17H24N2O3S. The fraction of sp³-hybridized carbons (Fsp3) is 0.588. The highest BCUT2D eigenvalue weighted by molar-refractivity contribution is 7.89. The minimum atomic E-state index is -3.47. The second-order valence-corrected chi connectivity index (χ2v) is 8.60. The standard InChI is InChI=1S/C17H24N2O3S/c1-19(15-5-3-2-4-6-15)23(21,22)16-11-9-14(10-12-16)18-17(20)13-7-8-13/h9-13,15H,2-8H2,1H3,(H,18,20). The molecule has 0 bridgehead atoms. The molecule has 126 valence electrons. The highest BCUT2D eigenvalue weighted by Crippen LogP contribution is 2.30. The lowest BCUT2D eigenvalue weighted by molar-refractivity contribution is -0.117. The van der Waals surface area contributed by atoms with E-state index in [9.17, 15) is 13.2 Å². The summed E-state index contributed by atoms with van der Waals surface area (Å²) in [5.74, 6) is 0.163. The predicted molar refractivity (Wildman–Crippen MR) is 89.6 cm³/mol. The molecule has 1 amide bonds. The predicted octanol–water partition coefficient (Wildman–Crippen LogP) is 2.99. The molecule has 0 heterocycles. The second kappa shape index (κ2) is 6.61. The summed E-state index contributed by atoms with van der Waals surface area (Å²) >= 11 is 0. The molecule has 1 aromatic carbocycles. The summed E-state index contributed by atoms with van der Waals surface area (Å²) in [6, 6.07) is 6.60. The van der Waals surface area contributed by atoms with Gasteiger partial charge in [-0.3, -0.25) is 4.79 Å². The average Bonchev–Trinajstić information content (AvgIpc) is 3.40. The van der Waals surface area contributed by atoms with Gasteiger partial charge < -0.3 is 5.32 Å². The molecule has 0 spiro atoms. The van der Waals surface area contributed by atoms with Gasteiger partial charge in [-0.05, 0) is 49.9 Å². The van der Waals surface area contributed by atoms with Gasteiger partial charge in [0.25, 0.3) is 0 Å². The molecule has 23 heavy (non-hydrogen) atoms. The monoisotopic (exact) mass is 336 g/mol. The van der Waals surface area contributed by atoms with E-state index in [1.54, 1.807) is 31.3 Å². The topological polar surface area (TPSA) is 66.5 Å². The van der Waals surface area contributed by atoms with Gasteiger partial charge in [-0.2, -0.15) is 4.31 Å². The lowest BCUT2D eigenvalue weighted by atomic mass is 9.96. The lowest BCUT2D eigenvalue weighted by Crippen LogP contribution is -2.38. The summed E-state index contributed by atoms with van der Waals surface area (Å²) in [6.45, 7) is 0. The van der Waals surface area contributed by atoms with Crippen LogP contribution in [0.25, 0.3) is 0 Å². The zero-order valence-electron chi connectivity index (χ0n) is 13.5. The maximum Gasteiger partial charge on any atom is 0.243 e. The molecule has 1 N–H and O–H groups in total. The quantitative estimate of drug-likeness (QED) is 0.899. The Morgan fingerprint density at radius 2 is 1.65 bits per heavy atom. The highest BCUT2D eigenvalue weighted by Gasteiger charge is 2.30. The third-order valence-electron chi connectivity index (χ3n) is 4.84. The van der Waals surface area contributed by atoms with Gasteiger partial charge in [-0.25, -0.2) is 8.42 Å². The maximum atomic E-state index is 12.7. The number of amides is 1. The van der Waals surface area contributed by atoms with Crippen molar-refractivity contribution in [2.75, 3.05) is 12.4 Å². The van der Waals surface area contributed by atoms with Crippen LogP contribution in [0.1, 0.15) is 44.9 Å². The third-order valence-corrected chi connectivity index (χ3v) is 6.76. The van der Waals surface area contributed by atoms with Gasteiger partial charge >= 0.3 is 0 Å². The van der Waals surface area contributed by atoms with E-state index in [1.807, 2.05) is 0 Å².